The lowest BCUT2D eigenvalue weighted by Gasteiger charge is -2.09. The van der Waals surface area contributed by atoms with Gasteiger partial charge < -0.3 is 13.7 Å². The smallest absolute Gasteiger partial charge is 0.446 e. The van der Waals surface area contributed by atoms with Crippen molar-refractivity contribution < 1.29 is 31.0 Å². The second-order valence-corrected chi connectivity index (χ2v) is 3.67. The molecular formula is C8H9FO6S. The summed E-state index contributed by atoms with van der Waals surface area (Å²) >= 11 is 0. The van der Waals surface area contributed by atoms with E-state index >= 15 is 0 Å². The normalized spacial score (nSPS) is 11.0. The van der Waals surface area contributed by atoms with Gasteiger partial charge >= 0.3 is 10.4 Å². The van der Waals surface area contributed by atoms with E-state index in [-0.39, 0.29) is 17.2 Å². The van der Waals surface area contributed by atoms with Gasteiger partial charge in [0.1, 0.15) is 0 Å². The number of hydrogen-bond donors (Lipinski definition) is 1. The van der Waals surface area contributed by atoms with Gasteiger partial charge in [-0.15, -0.1) is 0 Å². The van der Waals surface area contributed by atoms with Crippen molar-refractivity contribution >= 4 is 10.4 Å². The molecule has 1 N–H and O–H groups in total. The Balaban J connectivity index is 3.22. The molecule has 0 aromatic heterocycles. The molecule has 0 saturated carbocycles. The SMILES string of the molecule is COc1cc(OS(=O)(=O)O)cc(OC)c1F. The molecular weight excluding hydrogens is 243 g/mol. The van der Waals surface area contributed by atoms with Crippen LogP contribution in [-0.4, -0.2) is 27.2 Å². The summed E-state index contributed by atoms with van der Waals surface area (Å²) in [5.41, 5.74) is 0. The van der Waals surface area contributed by atoms with Crippen LogP contribution in [0.2, 0.25) is 0 Å². The lowest BCUT2D eigenvalue weighted by molar-refractivity contribution is 0.343. The Labute approximate surface area is 91.5 Å². The third-order valence-electron chi connectivity index (χ3n) is 1.62. The van der Waals surface area contributed by atoms with E-state index in [1.807, 2.05) is 0 Å². The molecule has 1 rings (SSSR count). The van der Waals surface area contributed by atoms with Crippen LogP contribution in [0.15, 0.2) is 12.1 Å². The first-order chi connectivity index (χ1) is 7.37. The molecule has 0 aliphatic rings. The van der Waals surface area contributed by atoms with Gasteiger partial charge in [-0.2, -0.15) is 12.8 Å². The van der Waals surface area contributed by atoms with Crippen molar-refractivity contribution in [3.63, 3.8) is 0 Å². The molecule has 90 valence electrons. The first-order valence-corrected chi connectivity index (χ1v) is 5.32. The van der Waals surface area contributed by atoms with Crippen LogP contribution in [0.25, 0.3) is 0 Å². The van der Waals surface area contributed by atoms with Gasteiger partial charge in [0.2, 0.25) is 5.82 Å². The van der Waals surface area contributed by atoms with E-state index in [1.54, 1.807) is 0 Å². The summed E-state index contributed by atoms with van der Waals surface area (Å²) in [5, 5.41) is 0. The van der Waals surface area contributed by atoms with Crippen LogP contribution in [0.5, 0.6) is 17.2 Å². The molecule has 0 fully saturated rings. The molecule has 1 aromatic rings. The number of ether oxygens (including phenoxy) is 2. The van der Waals surface area contributed by atoms with Gasteiger partial charge in [-0.3, -0.25) is 4.55 Å². The van der Waals surface area contributed by atoms with Crippen LogP contribution in [0.1, 0.15) is 0 Å². The lowest BCUT2D eigenvalue weighted by Crippen LogP contribution is -2.07. The first-order valence-electron chi connectivity index (χ1n) is 3.96. The minimum absolute atomic E-state index is 0.266. The van der Waals surface area contributed by atoms with Gasteiger partial charge in [0, 0.05) is 12.1 Å². The molecule has 0 atom stereocenters. The number of methoxy groups -OCH3 is 2. The van der Waals surface area contributed by atoms with Crippen molar-refractivity contribution in [3.05, 3.63) is 17.9 Å². The van der Waals surface area contributed by atoms with Crippen LogP contribution in [0.4, 0.5) is 4.39 Å². The average Bonchev–Trinajstić information content (AvgIpc) is 2.18. The van der Waals surface area contributed by atoms with E-state index < -0.39 is 16.2 Å². The highest BCUT2D eigenvalue weighted by atomic mass is 32.3. The Morgan fingerprint density at radius 2 is 1.62 bits per heavy atom. The van der Waals surface area contributed by atoms with Gasteiger partial charge in [0.25, 0.3) is 0 Å². The number of rotatable bonds is 4. The van der Waals surface area contributed by atoms with Crippen LogP contribution in [0.3, 0.4) is 0 Å². The number of benzene rings is 1. The fraction of sp³-hybridized carbons (Fsp3) is 0.250. The maximum atomic E-state index is 13.4. The van der Waals surface area contributed by atoms with E-state index in [0.29, 0.717) is 0 Å². The van der Waals surface area contributed by atoms with Crippen LogP contribution < -0.4 is 13.7 Å². The summed E-state index contributed by atoms with van der Waals surface area (Å²) < 4.78 is 56.1. The lowest BCUT2D eigenvalue weighted by atomic mass is 10.3. The molecule has 0 heterocycles. The minimum atomic E-state index is -4.67. The molecule has 0 spiro atoms. The highest BCUT2D eigenvalue weighted by Gasteiger charge is 2.16. The summed E-state index contributed by atoms with van der Waals surface area (Å²) in [4.78, 5) is 0. The maximum Gasteiger partial charge on any atom is 0.446 e. The number of halogens is 1. The second-order valence-electron chi connectivity index (χ2n) is 2.65. The Morgan fingerprint density at radius 1 is 1.19 bits per heavy atom. The molecule has 1 aromatic carbocycles. The first kappa shape index (κ1) is 12.5. The third kappa shape index (κ3) is 2.97. The zero-order valence-corrected chi connectivity index (χ0v) is 9.25. The van der Waals surface area contributed by atoms with E-state index in [4.69, 9.17) is 4.55 Å². The van der Waals surface area contributed by atoms with E-state index in [9.17, 15) is 12.8 Å². The largest absolute Gasteiger partial charge is 0.493 e. The molecule has 0 aliphatic carbocycles. The van der Waals surface area contributed by atoms with Gasteiger partial charge in [-0.1, -0.05) is 0 Å². The van der Waals surface area contributed by atoms with Gasteiger partial charge in [0.15, 0.2) is 17.2 Å². The molecule has 0 unspecified atom stereocenters. The van der Waals surface area contributed by atoms with Crippen molar-refractivity contribution in [2.75, 3.05) is 14.2 Å². The van der Waals surface area contributed by atoms with Crippen molar-refractivity contribution in [1.29, 1.82) is 0 Å². The van der Waals surface area contributed by atoms with Gasteiger partial charge in [0.05, 0.1) is 14.2 Å². The summed E-state index contributed by atoms with van der Waals surface area (Å²) in [6.45, 7) is 0. The Kier molecular flexibility index (Phi) is 3.55. The summed E-state index contributed by atoms with van der Waals surface area (Å²) in [5.74, 6) is -1.65. The highest BCUT2D eigenvalue weighted by Crippen LogP contribution is 2.32. The van der Waals surface area contributed by atoms with E-state index in [2.05, 4.69) is 13.7 Å². The van der Waals surface area contributed by atoms with Crippen molar-refractivity contribution in [2.45, 2.75) is 0 Å². The zero-order chi connectivity index (χ0) is 12.3. The Morgan fingerprint density at radius 3 is 1.94 bits per heavy atom. The van der Waals surface area contributed by atoms with E-state index in [0.717, 1.165) is 12.1 Å². The van der Waals surface area contributed by atoms with Crippen molar-refractivity contribution in [1.82, 2.24) is 0 Å². The van der Waals surface area contributed by atoms with Crippen molar-refractivity contribution in [3.8, 4) is 17.2 Å². The fourth-order valence-corrected chi connectivity index (χ4v) is 1.35. The van der Waals surface area contributed by atoms with Gasteiger partial charge in [-0.05, 0) is 0 Å². The Hall–Kier alpha value is -1.54. The third-order valence-corrected chi connectivity index (χ3v) is 2.02. The monoisotopic (exact) mass is 252 g/mol. The predicted molar refractivity (Wildman–Crippen MR) is 51.7 cm³/mol. The quantitative estimate of drug-likeness (QED) is 0.806. The topological polar surface area (TPSA) is 82.1 Å². The number of hydrogen-bond acceptors (Lipinski definition) is 5. The van der Waals surface area contributed by atoms with Gasteiger partial charge in [-0.25, -0.2) is 0 Å². The van der Waals surface area contributed by atoms with Crippen LogP contribution >= 0.6 is 0 Å². The zero-order valence-electron chi connectivity index (χ0n) is 8.43. The van der Waals surface area contributed by atoms with Crippen molar-refractivity contribution in [2.24, 2.45) is 0 Å². The second kappa shape index (κ2) is 4.54. The standard InChI is InChI=1S/C8H9FO6S/c1-13-6-3-5(15-16(10,11)12)4-7(14-2)8(6)9/h3-4H,1-2H3,(H,10,11,12). The fourth-order valence-electron chi connectivity index (χ4n) is 1.02. The summed E-state index contributed by atoms with van der Waals surface area (Å²) in [7, 11) is -2.29. The summed E-state index contributed by atoms with van der Waals surface area (Å²) in [6, 6.07) is 1.93. The van der Waals surface area contributed by atoms with Crippen LogP contribution in [0, 0.1) is 5.82 Å². The van der Waals surface area contributed by atoms with E-state index in [1.165, 1.54) is 14.2 Å². The molecule has 0 bridgehead atoms. The average molecular weight is 252 g/mol. The maximum absolute atomic E-state index is 13.4. The molecule has 6 nitrogen and oxygen atoms in total. The molecule has 16 heavy (non-hydrogen) atoms. The predicted octanol–water partition coefficient (Wildman–Crippen LogP) is 1.02. The highest BCUT2D eigenvalue weighted by molar-refractivity contribution is 7.81. The summed E-state index contributed by atoms with van der Waals surface area (Å²) in [6.07, 6.45) is 0. The molecule has 0 aliphatic heterocycles. The van der Waals surface area contributed by atoms with Crippen LogP contribution in [-0.2, 0) is 10.4 Å². The minimum Gasteiger partial charge on any atom is -0.493 e. The molecule has 0 saturated heterocycles. The molecule has 0 amide bonds. The Bertz CT molecular complexity index is 458. The molecule has 8 heteroatoms. The molecule has 0 radical (unpaired) electrons.